The molecule has 6 heteroatoms. The van der Waals surface area contributed by atoms with Gasteiger partial charge in [-0.1, -0.05) is 29.8 Å². The van der Waals surface area contributed by atoms with Crippen LogP contribution in [-0.2, 0) is 0 Å². The van der Waals surface area contributed by atoms with Gasteiger partial charge in [0, 0.05) is 29.9 Å². The molecule has 1 aliphatic heterocycles. The van der Waals surface area contributed by atoms with Crippen molar-refractivity contribution in [1.82, 2.24) is 4.90 Å². The van der Waals surface area contributed by atoms with Crippen LogP contribution in [0.3, 0.4) is 0 Å². The Morgan fingerprint density at radius 3 is 2.60 bits per heavy atom. The Kier molecular flexibility index (Phi) is 4.36. The first-order chi connectivity index (χ1) is 12.0. The molecule has 3 atom stereocenters. The van der Waals surface area contributed by atoms with Gasteiger partial charge in [0.25, 0.3) is 0 Å². The van der Waals surface area contributed by atoms with E-state index in [9.17, 15) is 15.8 Å². The lowest BCUT2D eigenvalue weighted by Crippen LogP contribution is -2.52. The van der Waals surface area contributed by atoms with Gasteiger partial charge in [-0.3, -0.25) is 0 Å². The molecule has 0 amide bonds. The number of likely N-dealkylation sites (N-methyl/N-ethyl adjacent to an activating group) is 1. The fraction of sp³-hybridized carbons (Fsp3) is 0.368. The van der Waals surface area contributed by atoms with Gasteiger partial charge in [0.15, 0.2) is 5.41 Å². The predicted molar refractivity (Wildman–Crippen MR) is 93.8 cm³/mol. The van der Waals surface area contributed by atoms with Crippen LogP contribution in [0.5, 0.6) is 0 Å². The lowest BCUT2D eigenvalue weighted by molar-refractivity contribution is 0.235. The summed E-state index contributed by atoms with van der Waals surface area (Å²) in [5.41, 5.74) is -0.206. The topological polar surface area (TPSA) is 98.5 Å². The first-order valence-corrected chi connectivity index (χ1v) is 8.31. The summed E-state index contributed by atoms with van der Waals surface area (Å²) in [5.74, 6) is -1.55. The standard InChI is InChI=1S/C19H16ClN5/c1-25-6-5-14-15(8-21)18(24)19(10-22,11-23)17(16(14)9-25)12-3-2-4-13(20)7-12/h2-5,7,15-17,24H,6,9H2,1H3/t15?,16-,17-/m1/s1. The van der Waals surface area contributed by atoms with Crippen LogP contribution in [0.4, 0.5) is 0 Å². The molecule has 25 heavy (non-hydrogen) atoms. The number of nitriles is 3. The molecule has 0 saturated heterocycles. The fourth-order valence-corrected chi connectivity index (χ4v) is 4.23. The van der Waals surface area contributed by atoms with Crippen LogP contribution in [-0.4, -0.2) is 30.7 Å². The molecule has 2 aliphatic rings. The Balaban J connectivity index is 2.28. The van der Waals surface area contributed by atoms with Crippen molar-refractivity contribution in [2.75, 3.05) is 20.1 Å². The Morgan fingerprint density at radius 2 is 2.00 bits per heavy atom. The molecule has 1 N–H and O–H groups in total. The van der Waals surface area contributed by atoms with E-state index in [-0.39, 0.29) is 11.6 Å². The Bertz CT molecular complexity index is 868. The third-order valence-corrected chi connectivity index (χ3v) is 5.42. The first kappa shape index (κ1) is 17.2. The van der Waals surface area contributed by atoms with Crippen LogP contribution in [0.1, 0.15) is 11.5 Å². The first-order valence-electron chi connectivity index (χ1n) is 7.93. The molecule has 1 unspecified atom stereocenters. The molecule has 1 saturated carbocycles. The maximum absolute atomic E-state index is 9.89. The number of nitrogens with one attached hydrogen (secondary N) is 1. The highest BCUT2D eigenvalue weighted by Crippen LogP contribution is 2.53. The molecule has 1 fully saturated rings. The molecule has 1 aromatic rings. The molecule has 1 heterocycles. The van der Waals surface area contributed by atoms with E-state index in [2.05, 4.69) is 23.1 Å². The van der Waals surface area contributed by atoms with E-state index in [0.29, 0.717) is 18.1 Å². The van der Waals surface area contributed by atoms with E-state index >= 15 is 0 Å². The van der Waals surface area contributed by atoms with Gasteiger partial charge in [0.1, 0.15) is 5.92 Å². The summed E-state index contributed by atoms with van der Waals surface area (Å²) in [6.45, 7) is 1.31. The molecule has 0 bridgehead atoms. The maximum atomic E-state index is 9.89. The summed E-state index contributed by atoms with van der Waals surface area (Å²) in [7, 11) is 1.96. The van der Waals surface area contributed by atoms with Gasteiger partial charge in [-0.15, -0.1) is 0 Å². The maximum Gasteiger partial charge on any atom is 0.189 e. The van der Waals surface area contributed by atoms with Crippen molar-refractivity contribution in [3.63, 3.8) is 0 Å². The van der Waals surface area contributed by atoms with Crippen LogP contribution >= 0.6 is 11.6 Å². The summed E-state index contributed by atoms with van der Waals surface area (Å²) in [4.78, 5) is 2.09. The van der Waals surface area contributed by atoms with Gasteiger partial charge in [0.05, 0.1) is 23.9 Å². The molecule has 5 nitrogen and oxygen atoms in total. The molecular weight excluding hydrogens is 334 g/mol. The van der Waals surface area contributed by atoms with E-state index in [0.717, 1.165) is 11.1 Å². The fourth-order valence-electron chi connectivity index (χ4n) is 4.03. The second-order valence-electron chi connectivity index (χ2n) is 6.57. The lowest BCUT2D eigenvalue weighted by Gasteiger charge is -2.47. The van der Waals surface area contributed by atoms with Crippen molar-refractivity contribution in [3.8, 4) is 18.2 Å². The largest absolute Gasteiger partial charge is 0.305 e. The normalized spacial score (nSPS) is 28.0. The van der Waals surface area contributed by atoms with E-state index < -0.39 is 17.3 Å². The van der Waals surface area contributed by atoms with E-state index in [4.69, 9.17) is 17.0 Å². The van der Waals surface area contributed by atoms with Crippen LogP contribution < -0.4 is 0 Å². The summed E-state index contributed by atoms with van der Waals surface area (Å²) < 4.78 is 0. The van der Waals surface area contributed by atoms with Crippen molar-refractivity contribution in [3.05, 3.63) is 46.5 Å². The average molecular weight is 350 g/mol. The van der Waals surface area contributed by atoms with Crippen molar-refractivity contribution in [1.29, 1.82) is 21.2 Å². The third kappa shape index (κ3) is 2.52. The molecule has 1 aromatic carbocycles. The van der Waals surface area contributed by atoms with Gasteiger partial charge >= 0.3 is 0 Å². The highest BCUT2D eigenvalue weighted by molar-refractivity contribution is 6.30. The van der Waals surface area contributed by atoms with Crippen LogP contribution in [0.15, 0.2) is 35.9 Å². The van der Waals surface area contributed by atoms with Crippen molar-refractivity contribution >= 4 is 17.3 Å². The van der Waals surface area contributed by atoms with Gasteiger partial charge in [-0.2, -0.15) is 15.8 Å². The summed E-state index contributed by atoms with van der Waals surface area (Å²) in [5, 5.41) is 38.4. The number of hydrogen-bond donors (Lipinski definition) is 1. The van der Waals surface area contributed by atoms with Gasteiger partial charge < -0.3 is 10.3 Å². The summed E-state index contributed by atoms with van der Waals surface area (Å²) in [6.07, 6.45) is 1.97. The third-order valence-electron chi connectivity index (χ3n) is 5.18. The van der Waals surface area contributed by atoms with Crippen LogP contribution in [0.2, 0.25) is 5.02 Å². The molecular formula is C19H16ClN5. The average Bonchev–Trinajstić information content (AvgIpc) is 2.61. The predicted octanol–water partition coefficient (Wildman–Crippen LogP) is 3.12. The number of nitrogens with zero attached hydrogens (tertiary/aromatic N) is 4. The molecule has 0 spiro atoms. The number of fused-ring (bicyclic) bond motifs is 1. The van der Waals surface area contributed by atoms with E-state index in [1.54, 1.807) is 18.2 Å². The van der Waals surface area contributed by atoms with Crippen molar-refractivity contribution in [2.24, 2.45) is 17.3 Å². The minimum Gasteiger partial charge on any atom is -0.305 e. The number of halogens is 1. The highest BCUT2D eigenvalue weighted by Gasteiger charge is 2.57. The summed E-state index contributed by atoms with van der Waals surface area (Å²) >= 11 is 6.14. The zero-order valence-electron chi connectivity index (χ0n) is 13.7. The number of benzene rings is 1. The summed E-state index contributed by atoms with van der Waals surface area (Å²) in [6, 6.07) is 13.4. The molecule has 0 radical (unpaired) electrons. The molecule has 124 valence electrons. The zero-order chi connectivity index (χ0) is 18.2. The van der Waals surface area contributed by atoms with Gasteiger partial charge in [0.2, 0.25) is 0 Å². The van der Waals surface area contributed by atoms with Gasteiger partial charge in [-0.25, -0.2) is 0 Å². The Morgan fingerprint density at radius 1 is 1.28 bits per heavy atom. The molecule has 3 rings (SSSR count). The SMILES string of the molecule is CN1CC=C2C(C#N)C(=N)C(C#N)(C#N)[C@H](c3cccc(Cl)c3)[C@@H]2C1. The van der Waals surface area contributed by atoms with Gasteiger partial charge in [-0.05, 0) is 30.3 Å². The molecule has 1 aliphatic carbocycles. The van der Waals surface area contributed by atoms with E-state index in [1.165, 1.54) is 0 Å². The second kappa shape index (κ2) is 6.34. The van der Waals surface area contributed by atoms with Crippen LogP contribution in [0.25, 0.3) is 0 Å². The Hall–Kier alpha value is -2.65. The zero-order valence-corrected chi connectivity index (χ0v) is 14.5. The smallest absolute Gasteiger partial charge is 0.189 e. The minimum atomic E-state index is -1.68. The monoisotopic (exact) mass is 349 g/mol. The molecule has 0 aromatic heterocycles. The van der Waals surface area contributed by atoms with Crippen molar-refractivity contribution < 1.29 is 0 Å². The second-order valence-corrected chi connectivity index (χ2v) is 7.01. The highest BCUT2D eigenvalue weighted by atomic mass is 35.5. The van der Waals surface area contributed by atoms with E-state index in [1.807, 2.05) is 19.2 Å². The quantitative estimate of drug-likeness (QED) is 0.787. The van der Waals surface area contributed by atoms with Crippen molar-refractivity contribution in [2.45, 2.75) is 5.92 Å². The number of hydrogen-bond acceptors (Lipinski definition) is 5. The minimum absolute atomic E-state index is 0.128. The number of rotatable bonds is 1. The lowest BCUT2D eigenvalue weighted by atomic mass is 9.54. The Labute approximate surface area is 151 Å². The van der Waals surface area contributed by atoms with Crippen LogP contribution in [0, 0.1) is 56.7 Å².